The van der Waals surface area contributed by atoms with Crippen molar-refractivity contribution in [2.24, 2.45) is 5.41 Å². The number of anilines is 1. The molecule has 5 heteroatoms. The van der Waals surface area contributed by atoms with Crippen LogP contribution in [0.25, 0.3) is 10.9 Å². The lowest BCUT2D eigenvalue weighted by molar-refractivity contribution is 0.284. The van der Waals surface area contributed by atoms with Crippen molar-refractivity contribution in [1.82, 2.24) is 4.98 Å². The number of nitrogens with zero attached hydrogens (tertiary/aromatic N) is 1. The Bertz CT molecular complexity index is 1140. The highest BCUT2D eigenvalue weighted by atomic mass is 32.2. The van der Waals surface area contributed by atoms with Crippen molar-refractivity contribution in [3.8, 4) is 0 Å². The van der Waals surface area contributed by atoms with Gasteiger partial charge in [0.05, 0.1) is 16.1 Å². The van der Waals surface area contributed by atoms with Crippen LogP contribution in [0.3, 0.4) is 0 Å². The fraction of sp³-hybridized carbons (Fsp3) is 0.375. The summed E-state index contributed by atoms with van der Waals surface area (Å²) >= 11 is 0. The number of rotatable bonds is 5. The fourth-order valence-electron chi connectivity index (χ4n) is 4.12. The number of aryl methyl sites for hydroxylation is 1. The quantitative estimate of drug-likeness (QED) is 0.556. The first-order valence-corrected chi connectivity index (χ1v) is 11.4. The standard InChI is InChI=1S/C24H30N2O2S/c1-17-12-13-19(24(5,6)16-23(2,3)4)15-21(17)29(27,28)26-20-11-7-9-18-10-8-14-25-22(18)20/h7-15,26H,16H2,1-6H3. The lowest BCUT2D eigenvalue weighted by atomic mass is 9.72. The molecule has 154 valence electrons. The van der Waals surface area contributed by atoms with Crippen molar-refractivity contribution in [2.45, 2.75) is 58.3 Å². The summed E-state index contributed by atoms with van der Waals surface area (Å²) in [5.74, 6) is 0. The average molecular weight is 411 g/mol. The van der Waals surface area contributed by atoms with E-state index in [2.05, 4.69) is 44.3 Å². The molecule has 1 N–H and O–H groups in total. The smallest absolute Gasteiger partial charge is 0.262 e. The van der Waals surface area contributed by atoms with Crippen molar-refractivity contribution in [3.63, 3.8) is 0 Å². The third kappa shape index (κ3) is 4.78. The van der Waals surface area contributed by atoms with Crippen molar-refractivity contribution in [1.29, 1.82) is 0 Å². The molecule has 0 spiro atoms. The molecule has 0 saturated heterocycles. The molecule has 29 heavy (non-hydrogen) atoms. The monoisotopic (exact) mass is 410 g/mol. The van der Waals surface area contributed by atoms with Crippen LogP contribution >= 0.6 is 0 Å². The molecule has 4 nitrogen and oxygen atoms in total. The topological polar surface area (TPSA) is 59.1 Å². The minimum atomic E-state index is -3.75. The number of benzene rings is 2. The van der Waals surface area contributed by atoms with Crippen molar-refractivity contribution in [3.05, 3.63) is 65.9 Å². The van der Waals surface area contributed by atoms with Gasteiger partial charge in [-0.25, -0.2) is 8.42 Å². The van der Waals surface area contributed by atoms with Crippen molar-refractivity contribution >= 4 is 26.6 Å². The molecule has 2 aromatic carbocycles. The second kappa shape index (κ2) is 7.45. The van der Waals surface area contributed by atoms with E-state index in [0.29, 0.717) is 16.1 Å². The van der Waals surface area contributed by atoms with Gasteiger partial charge >= 0.3 is 0 Å². The zero-order valence-electron chi connectivity index (χ0n) is 18.1. The molecule has 0 saturated carbocycles. The van der Waals surface area contributed by atoms with Crippen LogP contribution in [0.2, 0.25) is 0 Å². The highest BCUT2D eigenvalue weighted by Crippen LogP contribution is 2.37. The highest BCUT2D eigenvalue weighted by Gasteiger charge is 2.29. The van der Waals surface area contributed by atoms with Gasteiger partial charge < -0.3 is 0 Å². The number of sulfonamides is 1. The number of hydrogen-bond acceptors (Lipinski definition) is 3. The molecule has 1 heterocycles. The average Bonchev–Trinajstić information content (AvgIpc) is 2.60. The van der Waals surface area contributed by atoms with E-state index in [9.17, 15) is 8.42 Å². The van der Waals surface area contributed by atoms with E-state index in [-0.39, 0.29) is 10.8 Å². The number of hydrogen-bond donors (Lipinski definition) is 1. The summed E-state index contributed by atoms with van der Waals surface area (Å²) in [4.78, 5) is 4.66. The number of para-hydroxylation sites is 1. The first-order valence-electron chi connectivity index (χ1n) is 9.87. The van der Waals surface area contributed by atoms with Gasteiger partial charge in [-0.2, -0.15) is 0 Å². The lowest BCUT2D eigenvalue weighted by Gasteiger charge is -2.33. The Morgan fingerprint density at radius 2 is 1.66 bits per heavy atom. The minimum Gasteiger partial charge on any atom is -0.277 e. The molecule has 0 unspecified atom stereocenters. The van der Waals surface area contributed by atoms with Gasteiger partial charge in [-0.05, 0) is 53.5 Å². The van der Waals surface area contributed by atoms with Gasteiger partial charge in [0.25, 0.3) is 10.0 Å². The molecule has 0 aliphatic carbocycles. The van der Waals surface area contributed by atoms with E-state index < -0.39 is 10.0 Å². The highest BCUT2D eigenvalue weighted by molar-refractivity contribution is 7.92. The molecular formula is C24H30N2O2S. The number of nitrogens with one attached hydrogen (secondary N) is 1. The maximum absolute atomic E-state index is 13.3. The molecule has 0 fully saturated rings. The molecule has 0 atom stereocenters. The van der Waals surface area contributed by atoms with Crippen LogP contribution in [0.1, 0.15) is 52.2 Å². The van der Waals surface area contributed by atoms with E-state index in [1.807, 2.05) is 49.4 Å². The van der Waals surface area contributed by atoms with E-state index in [4.69, 9.17) is 0 Å². The first-order chi connectivity index (χ1) is 13.4. The van der Waals surface area contributed by atoms with Crippen LogP contribution < -0.4 is 4.72 Å². The van der Waals surface area contributed by atoms with Crippen LogP contribution in [0.15, 0.2) is 59.6 Å². The summed E-state index contributed by atoms with van der Waals surface area (Å²) < 4.78 is 29.3. The Morgan fingerprint density at radius 1 is 0.966 bits per heavy atom. The van der Waals surface area contributed by atoms with Crippen LogP contribution in [-0.2, 0) is 15.4 Å². The normalized spacial score (nSPS) is 12.9. The molecule has 3 aromatic rings. The molecule has 0 aliphatic heterocycles. The molecular weight excluding hydrogens is 380 g/mol. The van der Waals surface area contributed by atoms with Crippen LogP contribution in [0.5, 0.6) is 0 Å². The molecule has 0 amide bonds. The Morgan fingerprint density at radius 3 is 2.34 bits per heavy atom. The van der Waals surface area contributed by atoms with Gasteiger partial charge in [-0.1, -0.05) is 65.0 Å². The maximum atomic E-state index is 13.3. The molecule has 0 aliphatic rings. The molecule has 3 rings (SSSR count). The Labute approximate surface area is 174 Å². The van der Waals surface area contributed by atoms with Crippen LogP contribution in [0, 0.1) is 12.3 Å². The second-order valence-corrected chi connectivity index (χ2v) is 11.2. The summed E-state index contributed by atoms with van der Waals surface area (Å²) in [6, 6.07) is 15.0. The van der Waals surface area contributed by atoms with Gasteiger partial charge in [0.15, 0.2) is 0 Å². The Balaban J connectivity index is 2.03. The summed E-state index contributed by atoms with van der Waals surface area (Å²) in [7, 11) is -3.75. The van der Waals surface area contributed by atoms with Crippen molar-refractivity contribution < 1.29 is 8.42 Å². The Kier molecular flexibility index (Phi) is 5.48. The zero-order valence-corrected chi connectivity index (χ0v) is 18.9. The minimum absolute atomic E-state index is 0.139. The predicted octanol–water partition coefficient (Wildman–Crippen LogP) is 6.06. The van der Waals surface area contributed by atoms with Gasteiger partial charge in [0.2, 0.25) is 0 Å². The van der Waals surface area contributed by atoms with Crippen LogP contribution in [0.4, 0.5) is 5.69 Å². The third-order valence-corrected chi connectivity index (χ3v) is 6.62. The van der Waals surface area contributed by atoms with E-state index in [0.717, 1.165) is 22.9 Å². The molecule has 1 aromatic heterocycles. The zero-order chi connectivity index (χ0) is 21.4. The number of aromatic nitrogens is 1. The van der Waals surface area contributed by atoms with E-state index in [1.165, 1.54) is 0 Å². The fourth-order valence-corrected chi connectivity index (χ4v) is 5.46. The van der Waals surface area contributed by atoms with E-state index in [1.54, 1.807) is 12.3 Å². The SMILES string of the molecule is Cc1ccc(C(C)(C)CC(C)(C)C)cc1S(=O)(=O)Nc1cccc2cccnc12. The van der Waals surface area contributed by atoms with Gasteiger partial charge in [-0.3, -0.25) is 9.71 Å². The van der Waals surface area contributed by atoms with Gasteiger partial charge in [0, 0.05) is 11.6 Å². The Hall–Kier alpha value is -2.40. The summed E-state index contributed by atoms with van der Waals surface area (Å²) in [6.45, 7) is 12.8. The largest absolute Gasteiger partial charge is 0.277 e. The van der Waals surface area contributed by atoms with Crippen LogP contribution in [-0.4, -0.2) is 13.4 Å². The molecule has 0 bridgehead atoms. The second-order valence-electron chi connectivity index (χ2n) is 9.59. The number of fused-ring (bicyclic) bond motifs is 1. The predicted molar refractivity (Wildman–Crippen MR) is 121 cm³/mol. The van der Waals surface area contributed by atoms with Gasteiger partial charge in [-0.15, -0.1) is 0 Å². The summed E-state index contributed by atoms with van der Waals surface area (Å²) in [5, 5.41) is 0.893. The van der Waals surface area contributed by atoms with E-state index >= 15 is 0 Å². The maximum Gasteiger partial charge on any atom is 0.262 e. The molecule has 0 radical (unpaired) electrons. The van der Waals surface area contributed by atoms with Gasteiger partial charge in [0.1, 0.15) is 0 Å². The summed E-state index contributed by atoms with van der Waals surface area (Å²) in [5.41, 5.74) is 2.87. The van der Waals surface area contributed by atoms with Crippen molar-refractivity contribution in [2.75, 3.05) is 4.72 Å². The third-order valence-electron chi connectivity index (χ3n) is 5.11. The number of pyridine rings is 1. The lowest BCUT2D eigenvalue weighted by Crippen LogP contribution is -2.25. The first kappa shape index (κ1) is 21.3. The summed E-state index contributed by atoms with van der Waals surface area (Å²) in [6.07, 6.45) is 2.62.